The van der Waals surface area contributed by atoms with Crippen molar-refractivity contribution in [1.29, 1.82) is 0 Å². The van der Waals surface area contributed by atoms with E-state index in [1.54, 1.807) is 6.07 Å². The fourth-order valence-corrected chi connectivity index (χ4v) is 4.30. The molecule has 1 aliphatic carbocycles. The lowest BCUT2D eigenvalue weighted by molar-refractivity contribution is 0.0936. The Bertz CT molecular complexity index is 946. The van der Waals surface area contributed by atoms with Crippen LogP contribution in [0.2, 0.25) is 5.02 Å². The van der Waals surface area contributed by atoms with Crippen molar-refractivity contribution in [3.63, 3.8) is 0 Å². The quantitative estimate of drug-likeness (QED) is 0.728. The highest BCUT2D eigenvalue weighted by atomic mass is 35.5. The Morgan fingerprint density at radius 2 is 2.13 bits per heavy atom. The lowest BCUT2D eigenvalue weighted by atomic mass is 10.00. The number of carbonyl (C=O) groups is 1. The van der Waals surface area contributed by atoms with E-state index in [-0.39, 0.29) is 23.0 Å². The first-order valence-electron chi connectivity index (χ1n) is 10.2. The number of hydrogen-bond donors (Lipinski definition) is 2. The van der Waals surface area contributed by atoms with Gasteiger partial charge in [-0.15, -0.1) is 0 Å². The van der Waals surface area contributed by atoms with Crippen LogP contribution in [0.3, 0.4) is 0 Å². The topological polar surface area (TPSA) is 80.5 Å². The number of rotatable bonds is 6. The van der Waals surface area contributed by atoms with Gasteiger partial charge < -0.3 is 20.7 Å². The van der Waals surface area contributed by atoms with Gasteiger partial charge >= 0.3 is 0 Å². The van der Waals surface area contributed by atoms with E-state index in [1.807, 2.05) is 6.92 Å². The molecule has 1 unspecified atom stereocenters. The molecule has 4 rings (SSSR count). The predicted octanol–water partition coefficient (Wildman–Crippen LogP) is 3.62. The van der Waals surface area contributed by atoms with Gasteiger partial charge in [-0.1, -0.05) is 11.6 Å². The summed E-state index contributed by atoms with van der Waals surface area (Å²) in [6, 6.07) is 4.34. The number of aromatic nitrogens is 1. The van der Waals surface area contributed by atoms with Gasteiger partial charge in [0.05, 0.1) is 23.9 Å². The summed E-state index contributed by atoms with van der Waals surface area (Å²) >= 11 is 6.13. The van der Waals surface area contributed by atoms with Gasteiger partial charge in [-0.05, 0) is 55.9 Å². The molecule has 2 aliphatic rings. The van der Waals surface area contributed by atoms with E-state index in [4.69, 9.17) is 22.1 Å². The number of nitrogens with two attached hydrogens (primary N) is 1. The molecular weight excluding hydrogens is 407 g/mol. The molecule has 8 heteroatoms. The van der Waals surface area contributed by atoms with E-state index in [9.17, 15) is 9.18 Å². The molecule has 3 N–H and O–H groups in total. The normalized spacial score (nSPS) is 19.6. The molecule has 30 heavy (non-hydrogen) atoms. The van der Waals surface area contributed by atoms with Gasteiger partial charge in [0, 0.05) is 36.4 Å². The third-order valence-corrected chi connectivity index (χ3v) is 6.05. The monoisotopic (exact) mass is 432 g/mol. The molecular formula is C22H26ClFN4O2. The molecule has 0 spiro atoms. The van der Waals surface area contributed by atoms with Crippen LogP contribution in [-0.4, -0.2) is 43.2 Å². The standard InChI is InChI=1S/C22H26ClFN4O2/c1-12(13-3-4-13)27-21(29)18-10-26-22(30-2)19(14-7-15(23)9-16(24)8-14)20(18)28-6-5-17(25)11-28/h7-10,12-13,17H,3-6,11,25H2,1-2H3,(H,27,29)/t12?,17-/m0/s1. The van der Waals surface area contributed by atoms with Crippen molar-refractivity contribution >= 4 is 23.2 Å². The van der Waals surface area contributed by atoms with E-state index in [0.29, 0.717) is 47.3 Å². The Morgan fingerprint density at radius 1 is 1.37 bits per heavy atom. The Labute approximate surface area is 180 Å². The van der Waals surface area contributed by atoms with Crippen molar-refractivity contribution in [1.82, 2.24) is 10.3 Å². The number of halogens is 2. The van der Waals surface area contributed by atoms with Crippen LogP contribution in [-0.2, 0) is 0 Å². The van der Waals surface area contributed by atoms with Gasteiger partial charge in [-0.2, -0.15) is 0 Å². The average molecular weight is 433 g/mol. The fourth-order valence-electron chi connectivity index (χ4n) is 4.08. The molecule has 1 aliphatic heterocycles. The number of nitrogens with one attached hydrogen (secondary N) is 1. The summed E-state index contributed by atoms with van der Waals surface area (Å²) in [5, 5.41) is 3.35. The highest BCUT2D eigenvalue weighted by Crippen LogP contribution is 2.42. The van der Waals surface area contributed by atoms with Crippen LogP contribution in [0, 0.1) is 11.7 Å². The molecule has 6 nitrogen and oxygen atoms in total. The molecule has 1 aromatic carbocycles. The first-order valence-corrected chi connectivity index (χ1v) is 10.6. The zero-order chi connectivity index (χ0) is 21.4. The van der Waals surface area contributed by atoms with Crippen LogP contribution in [0.5, 0.6) is 5.88 Å². The number of hydrogen-bond acceptors (Lipinski definition) is 5. The van der Waals surface area contributed by atoms with Gasteiger partial charge in [0.25, 0.3) is 5.91 Å². The van der Waals surface area contributed by atoms with Crippen molar-refractivity contribution in [2.75, 3.05) is 25.1 Å². The molecule has 1 amide bonds. The minimum Gasteiger partial charge on any atom is -0.480 e. The summed E-state index contributed by atoms with van der Waals surface area (Å²) < 4.78 is 19.7. The summed E-state index contributed by atoms with van der Waals surface area (Å²) in [6.45, 7) is 3.29. The molecule has 160 valence electrons. The molecule has 0 radical (unpaired) electrons. The summed E-state index contributed by atoms with van der Waals surface area (Å²) in [5.41, 5.74) is 8.27. The third kappa shape index (κ3) is 4.23. The minimum absolute atomic E-state index is 0.00518. The average Bonchev–Trinajstić information content (AvgIpc) is 3.47. The molecule has 2 fully saturated rings. The van der Waals surface area contributed by atoms with Gasteiger partial charge in [0.15, 0.2) is 0 Å². The fraction of sp³-hybridized carbons (Fsp3) is 0.455. The van der Waals surface area contributed by atoms with Crippen molar-refractivity contribution in [3.8, 4) is 17.0 Å². The van der Waals surface area contributed by atoms with Crippen LogP contribution < -0.4 is 20.7 Å². The largest absolute Gasteiger partial charge is 0.480 e. The summed E-state index contributed by atoms with van der Waals surface area (Å²) in [4.78, 5) is 19.6. The molecule has 1 saturated heterocycles. The molecule has 0 bridgehead atoms. The number of ether oxygens (including phenoxy) is 1. The molecule has 2 atom stereocenters. The first-order chi connectivity index (χ1) is 14.4. The van der Waals surface area contributed by atoms with Crippen molar-refractivity contribution < 1.29 is 13.9 Å². The SMILES string of the molecule is COc1ncc(C(=O)NC(C)C2CC2)c(N2CC[C@H](N)C2)c1-c1cc(F)cc(Cl)c1. The highest BCUT2D eigenvalue weighted by Gasteiger charge is 2.33. The van der Waals surface area contributed by atoms with E-state index in [0.717, 1.165) is 19.3 Å². The lowest BCUT2D eigenvalue weighted by Crippen LogP contribution is -2.36. The highest BCUT2D eigenvalue weighted by molar-refractivity contribution is 6.31. The summed E-state index contributed by atoms with van der Waals surface area (Å²) in [5.74, 6) is 0.147. The first kappa shape index (κ1) is 20.9. The smallest absolute Gasteiger partial charge is 0.255 e. The second-order valence-electron chi connectivity index (χ2n) is 8.16. The number of nitrogens with zero attached hydrogens (tertiary/aromatic N) is 2. The van der Waals surface area contributed by atoms with E-state index in [1.165, 1.54) is 25.4 Å². The van der Waals surface area contributed by atoms with Gasteiger partial charge in [-0.3, -0.25) is 4.79 Å². The van der Waals surface area contributed by atoms with Crippen LogP contribution >= 0.6 is 11.6 Å². The maximum Gasteiger partial charge on any atom is 0.255 e. The van der Waals surface area contributed by atoms with Crippen LogP contribution in [0.1, 0.15) is 36.5 Å². The van der Waals surface area contributed by atoms with E-state index < -0.39 is 5.82 Å². The second kappa shape index (κ2) is 8.40. The van der Waals surface area contributed by atoms with Gasteiger partial charge in [0.1, 0.15) is 5.82 Å². The number of anilines is 1. The van der Waals surface area contributed by atoms with Crippen LogP contribution in [0.15, 0.2) is 24.4 Å². The van der Waals surface area contributed by atoms with E-state index in [2.05, 4.69) is 15.2 Å². The minimum atomic E-state index is -0.471. The molecule has 1 saturated carbocycles. The maximum atomic E-state index is 14.2. The number of methoxy groups -OCH3 is 1. The Balaban J connectivity index is 1.86. The summed E-state index contributed by atoms with van der Waals surface area (Å²) in [6.07, 6.45) is 4.58. The van der Waals surface area contributed by atoms with Crippen molar-refractivity contribution in [2.24, 2.45) is 11.7 Å². The zero-order valence-electron chi connectivity index (χ0n) is 17.1. The van der Waals surface area contributed by atoms with Crippen LogP contribution in [0.25, 0.3) is 11.1 Å². The number of amides is 1. The van der Waals surface area contributed by atoms with Gasteiger partial charge in [-0.25, -0.2) is 9.37 Å². The number of carbonyl (C=O) groups excluding carboxylic acids is 1. The molecule has 2 heterocycles. The lowest BCUT2D eigenvalue weighted by Gasteiger charge is -2.26. The zero-order valence-corrected chi connectivity index (χ0v) is 17.9. The summed E-state index contributed by atoms with van der Waals surface area (Å²) in [7, 11) is 1.50. The van der Waals surface area contributed by atoms with Gasteiger partial charge in [0.2, 0.25) is 5.88 Å². The third-order valence-electron chi connectivity index (χ3n) is 5.83. The Morgan fingerprint density at radius 3 is 2.73 bits per heavy atom. The van der Waals surface area contributed by atoms with Crippen molar-refractivity contribution in [3.05, 3.63) is 40.8 Å². The van der Waals surface area contributed by atoms with E-state index >= 15 is 0 Å². The Kier molecular flexibility index (Phi) is 5.84. The molecule has 2 aromatic rings. The maximum absolute atomic E-state index is 14.2. The Hall–Kier alpha value is -2.38. The van der Waals surface area contributed by atoms with Crippen molar-refractivity contribution in [2.45, 2.75) is 38.3 Å². The second-order valence-corrected chi connectivity index (χ2v) is 8.59. The molecule has 1 aromatic heterocycles. The number of pyridine rings is 1. The predicted molar refractivity (Wildman–Crippen MR) is 116 cm³/mol. The number of benzene rings is 1. The van der Waals surface area contributed by atoms with Crippen LogP contribution in [0.4, 0.5) is 10.1 Å².